The lowest BCUT2D eigenvalue weighted by atomic mass is 10.4. The number of aliphatic hydroxyl groups is 1. The molecule has 0 saturated carbocycles. The molecule has 1 atom stereocenters. The number of hydrogen-bond acceptors (Lipinski definition) is 5. The summed E-state index contributed by atoms with van der Waals surface area (Å²) in [6.45, 7) is 7.17. The van der Waals surface area contributed by atoms with Gasteiger partial charge in [-0.05, 0) is 13.3 Å². The average Bonchev–Trinajstić information content (AvgIpc) is 2.28. The molecule has 0 aromatic heterocycles. The van der Waals surface area contributed by atoms with Gasteiger partial charge in [-0.1, -0.05) is 13.3 Å². The molecular formula is C11H25NO4. The zero-order valence-corrected chi connectivity index (χ0v) is 10.4. The van der Waals surface area contributed by atoms with Gasteiger partial charge in [0.15, 0.2) is 0 Å². The molecule has 0 aromatic carbocycles. The fourth-order valence-corrected chi connectivity index (χ4v) is 1.00. The molecule has 0 aromatic rings. The Labute approximate surface area is 98.0 Å². The Morgan fingerprint density at radius 3 is 2.56 bits per heavy atom. The molecule has 0 heterocycles. The normalized spacial score (nSPS) is 12.9. The van der Waals surface area contributed by atoms with E-state index in [1.165, 1.54) is 0 Å². The van der Waals surface area contributed by atoms with E-state index >= 15 is 0 Å². The largest absolute Gasteiger partial charge is 0.389 e. The van der Waals surface area contributed by atoms with Crippen molar-refractivity contribution in [3.8, 4) is 0 Å². The van der Waals surface area contributed by atoms with Crippen LogP contribution in [0.3, 0.4) is 0 Å². The molecule has 0 bridgehead atoms. The first-order chi connectivity index (χ1) is 7.81. The number of ether oxygens (including phenoxy) is 2. The third kappa shape index (κ3) is 11.9. The van der Waals surface area contributed by atoms with Gasteiger partial charge in [0.1, 0.15) is 0 Å². The molecule has 0 rings (SSSR count). The minimum Gasteiger partial charge on any atom is -0.389 e. The number of hydroxylamine groups is 1. The van der Waals surface area contributed by atoms with Crippen LogP contribution < -0.4 is 5.48 Å². The summed E-state index contributed by atoms with van der Waals surface area (Å²) in [5.74, 6) is 0. The van der Waals surface area contributed by atoms with Gasteiger partial charge in [-0.2, -0.15) is 5.48 Å². The summed E-state index contributed by atoms with van der Waals surface area (Å²) in [7, 11) is 0. The molecule has 98 valence electrons. The van der Waals surface area contributed by atoms with E-state index in [1.807, 2.05) is 6.92 Å². The van der Waals surface area contributed by atoms with E-state index in [1.54, 1.807) is 0 Å². The van der Waals surface area contributed by atoms with E-state index in [0.717, 1.165) is 19.4 Å². The van der Waals surface area contributed by atoms with Gasteiger partial charge < -0.3 is 19.4 Å². The SMILES string of the molecule is CCCCOCCOCC(O)CNOCC. The van der Waals surface area contributed by atoms with Gasteiger partial charge in [0.2, 0.25) is 0 Å². The summed E-state index contributed by atoms with van der Waals surface area (Å²) in [5.41, 5.74) is 2.64. The van der Waals surface area contributed by atoms with Crippen molar-refractivity contribution in [1.82, 2.24) is 5.48 Å². The molecule has 2 N–H and O–H groups in total. The van der Waals surface area contributed by atoms with Crippen molar-refractivity contribution < 1.29 is 19.4 Å². The smallest absolute Gasteiger partial charge is 0.0920 e. The molecule has 0 aliphatic carbocycles. The Morgan fingerprint density at radius 2 is 1.88 bits per heavy atom. The lowest BCUT2D eigenvalue weighted by Crippen LogP contribution is -2.30. The van der Waals surface area contributed by atoms with E-state index in [9.17, 15) is 5.11 Å². The third-order valence-corrected chi connectivity index (χ3v) is 1.89. The van der Waals surface area contributed by atoms with E-state index in [0.29, 0.717) is 33.0 Å². The molecule has 0 aliphatic heterocycles. The van der Waals surface area contributed by atoms with E-state index in [4.69, 9.17) is 14.3 Å². The lowest BCUT2D eigenvalue weighted by Gasteiger charge is -2.11. The second-order valence-electron chi connectivity index (χ2n) is 3.48. The van der Waals surface area contributed by atoms with E-state index < -0.39 is 6.10 Å². The molecule has 0 spiro atoms. The van der Waals surface area contributed by atoms with E-state index in [-0.39, 0.29) is 0 Å². The van der Waals surface area contributed by atoms with Crippen LogP contribution in [0.2, 0.25) is 0 Å². The molecule has 0 fully saturated rings. The molecule has 16 heavy (non-hydrogen) atoms. The van der Waals surface area contributed by atoms with Gasteiger partial charge in [-0.3, -0.25) is 0 Å². The summed E-state index contributed by atoms with van der Waals surface area (Å²) >= 11 is 0. The topological polar surface area (TPSA) is 60.0 Å². The standard InChI is InChI=1S/C11H25NO4/c1-3-5-6-14-7-8-15-10-11(13)9-12-16-4-2/h11-13H,3-10H2,1-2H3. The minimum absolute atomic E-state index is 0.303. The number of aliphatic hydroxyl groups excluding tert-OH is 1. The maximum Gasteiger partial charge on any atom is 0.0920 e. The Bertz CT molecular complexity index is 135. The fourth-order valence-electron chi connectivity index (χ4n) is 1.00. The molecule has 0 radical (unpaired) electrons. The molecule has 0 amide bonds. The highest BCUT2D eigenvalue weighted by Gasteiger charge is 2.03. The fraction of sp³-hybridized carbons (Fsp3) is 1.00. The van der Waals surface area contributed by atoms with Crippen LogP contribution in [0.1, 0.15) is 26.7 Å². The zero-order chi connectivity index (χ0) is 12.1. The van der Waals surface area contributed by atoms with Crippen LogP contribution in [-0.2, 0) is 14.3 Å². The summed E-state index contributed by atoms with van der Waals surface area (Å²) in [5, 5.41) is 9.41. The van der Waals surface area contributed by atoms with Gasteiger partial charge in [0.25, 0.3) is 0 Å². The first-order valence-electron chi connectivity index (χ1n) is 5.99. The Balaban J connectivity index is 3.06. The highest BCUT2D eigenvalue weighted by Crippen LogP contribution is 1.89. The summed E-state index contributed by atoms with van der Waals surface area (Å²) in [4.78, 5) is 4.89. The number of hydrogen-bond donors (Lipinski definition) is 2. The predicted octanol–water partition coefficient (Wildman–Crippen LogP) is 0.722. The van der Waals surface area contributed by atoms with Crippen LogP contribution in [0.15, 0.2) is 0 Å². The monoisotopic (exact) mass is 235 g/mol. The van der Waals surface area contributed by atoms with Gasteiger partial charge in [0, 0.05) is 13.2 Å². The van der Waals surface area contributed by atoms with Crippen LogP contribution in [0.4, 0.5) is 0 Å². The third-order valence-electron chi connectivity index (χ3n) is 1.89. The Hall–Kier alpha value is -0.200. The number of rotatable bonds is 12. The average molecular weight is 235 g/mol. The van der Waals surface area contributed by atoms with Crippen molar-refractivity contribution in [1.29, 1.82) is 0 Å². The first-order valence-corrected chi connectivity index (χ1v) is 5.99. The van der Waals surface area contributed by atoms with Crippen LogP contribution in [0.5, 0.6) is 0 Å². The highest BCUT2D eigenvalue weighted by molar-refractivity contribution is 4.53. The lowest BCUT2D eigenvalue weighted by molar-refractivity contribution is -0.0232. The second-order valence-corrected chi connectivity index (χ2v) is 3.48. The maximum absolute atomic E-state index is 9.41. The zero-order valence-electron chi connectivity index (χ0n) is 10.4. The quantitative estimate of drug-likeness (QED) is 0.385. The predicted molar refractivity (Wildman–Crippen MR) is 62.2 cm³/mol. The van der Waals surface area contributed by atoms with Crippen LogP contribution >= 0.6 is 0 Å². The van der Waals surface area contributed by atoms with Crippen molar-refractivity contribution in [2.45, 2.75) is 32.8 Å². The van der Waals surface area contributed by atoms with Crippen molar-refractivity contribution in [3.63, 3.8) is 0 Å². The van der Waals surface area contributed by atoms with Gasteiger partial charge in [-0.15, -0.1) is 0 Å². The molecule has 0 aliphatic rings. The van der Waals surface area contributed by atoms with E-state index in [2.05, 4.69) is 12.4 Å². The molecule has 1 unspecified atom stereocenters. The van der Waals surface area contributed by atoms with Crippen molar-refractivity contribution >= 4 is 0 Å². The highest BCUT2D eigenvalue weighted by atomic mass is 16.6. The van der Waals surface area contributed by atoms with Crippen LogP contribution in [0.25, 0.3) is 0 Å². The second kappa shape index (κ2) is 12.9. The molecule has 5 nitrogen and oxygen atoms in total. The maximum atomic E-state index is 9.41. The van der Waals surface area contributed by atoms with Crippen molar-refractivity contribution in [3.05, 3.63) is 0 Å². The molecule has 5 heteroatoms. The Morgan fingerprint density at radius 1 is 1.12 bits per heavy atom. The summed E-state index contributed by atoms with van der Waals surface area (Å²) < 4.78 is 10.5. The van der Waals surface area contributed by atoms with Gasteiger partial charge >= 0.3 is 0 Å². The first kappa shape index (κ1) is 15.8. The molecular weight excluding hydrogens is 210 g/mol. The van der Waals surface area contributed by atoms with Gasteiger partial charge in [-0.25, -0.2) is 0 Å². The van der Waals surface area contributed by atoms with Crippen LogP contribution in [0, 0.1) is 0 Å². The molecule has 0 saturated heterocycles. The number of nitrogens with one attached hydrogen (secondary N) is 1. The summed E-state index contributed by atoms with van der Waals surface area (Å²) in [6.07, 6.45) is 1.69. The van der Waals surface area contributed by atoms with Crippen LogP contribution in [-0.4, -0.2) is 50.8 Å². The number of unbranched alkanes of at least 4 members (excludes halogenated alkanes) is 1. The Kier molecular flexibility index (Phi) is 12.7. The minimum atomic E-state index is -0.540. The van der Waals surface area contributed by atoms with Crippen molar-refractivity contribution in [2.24, 2.45) is 0 Å². The van der Waals surface area contributed by atoms with Gasteiger partial charge in [0.05, 0.1) is 32.5 Å². The van der Waals surface area contributed by atoms with Crippen molar-refractivity contribution in [2.75, 3.05) is 39.6 Å². The summed E-state index contributed by atoms with van der Waals surface area (Å²) in [6, 6.07) is 0.